The first kappa shape index (κ1) is 28.4. The topological polar surface area (TPSA) is 133 Å². The Labute approximate surface area is 232 Å². The van der Waals surface area contributed by atoms with Crippen LogP contribution >= 0.6 is 0 Å². The normalized spacial score (nSPS) is 11.4. The van der Waals surface area contributed by atoms with Gasteiger partial charge < -0.3 is 19.1 Å². The Hall–Kier alpha value is -4.60. The summed E-state index contributed by atoms with van der Waals surface area (Å²) in [6, 6.07) is 14.5. The molecule has 0 aliphatic rings. The molecule has 0 radical (unpaired) electrons. The number of carboxylic acid groups (broad SMARTS) is 1. The molecule has 208 valence electrons. The minimum absolute atomic E-state index is 0.106. The third-order valence-electron chi connectivity index (χ3n) is 5.96. The quantitative estimate of drug-likeness (QED) is 0.283. The fourth-order valence-electron chi connectivity index (χ4n) is 4.26. The van der Waals surface area contributed by atoms with Gasteiger partial charge >= 0.3 is 5.97 Å². The Bertz CT molecular complexity index is 1570. The highest BCUT2D eigenvalue weighted by Crippen LogP contribution is 2.33. The largest absolute Gasteiger partial charge is 0.478 e. The molecule has 0 atom stereocenters. The van der Waals surface area contributed by atoms with Gasteiger partial charge in [-0.1, -0.05) is 63.2 Å². The van der Waals surface area contributed by atoms with Gasteiger partial charge in [-0.05, 0) is 42.0 Å². The summed E-state index contributed by atoms with van der Waals surface area (Å²) >= 11 is 0. The molecule has 2 aromatic carbocycles. The molecule has 0 saturated carbocycles. The third-order valence-corrected chi connectivity index (χ3v) is 5.96. The van der Waals surface area contributed by atoms with Crippen molar-refractivity contribution >= 4 is 28.6 Å². The Morgan fingerprint density at radius 1 is 0.875 bits per heavy atom. The molecule has 10 heteroatoms. The summed E-state index contributed by atoms with van der Waals surface area (Å²) in [6.07, 6.45) is 0.601. The van der Waals surface area contributed by atoms with Gasteiger partial charge in [0.25, 0.3) is 11.8 Å². The molecule has 0 saturated heterocycles. The second-order valence-electron chi connectivity index (χ2n) is 10.9. The second kappa shape index (κ2) is 11.6. The number of aromatic carboxylic acids is 1. The van der Waals surface area contributed by atoms with E-state index in [4.69, 9.17) is 14.5 Å². The average molecular weight is 545 g/mol. The maximum absolute atomic E-state index is 11.7. The first-order valence-corrected chi connectivity index (χ1v) is 12.8. The molecule has 0 amide bonds. The molecule has 1 N–H and O–H groups in total. The van der Waals surface area contributed by atoms with E-state index in [-0.39, 0.29) is 47.5 Å². The van der Waals surface area contributed by atoms with Crippen molar-refractivity contribution in [1.82, 2.24) is 19.7 Å². The summed E-state index contributed by atoms with van der Waals surface area (Å²) in [7, 11) is 0. The van der Waals surface area contributed by atoms with Crippen LogP contribution in [0.2, 0.25) is 0 Å². The Kier molecular flexibility index (Phi) is 8.27. The van der Waals surface area contributed by atoms with E-state index in [0.717, 1.165) is 17.0 Å². The van der Waals surface area contributed by atoms with E-state index in [1.165, 1.54) is 13.8 Å². The lowest BCUT2D eigenvalue weighted by Gasteiger charge is -2.19. The lowest BCUT2D eigenvalue weighted by atomic mass is 9.92. The molecule has 0 fully saturated rings. The molecule has 2 aromatic heterocycles. The van der Waals surface area contributed by atoms with Gasteiger partial charge in [0.2, 0.25) is 0 Å². The fraction of sp³-hybridized carbons (Fsp3) is 0.333. The third kappa shape index (κ3) is 6.69. The zero-order valence-corrected chi connectivity index (χ0v) is 23.2. The highest BCUT2D eigenvalue weighted by Gasteiger charge is 2.25. The van der Waals surface area contributed by atoms with Crippen LogP contribution in [-0.4, -0.2) is 55.6 Å². The number of hydrogen-bond donors (Lipinski definition) is 1. The lowest BCUT2D eigenvalue weighted by molar-refractivity contribution is -0.119. The molecule has 10 nitrogen and oxygen atoms in total. The number of imidazole rings is 1. The van der Waals surface area contributed by atoms with E-state index in [2.05, 4.69) is 31.0 Å². The number of carboxylic acids is 1. The van der Waals surface area contributed by atoms with E-state index in [1.807, 2.05) is 34.9 Å². The van der Waals surface area contributed by atoms with Gasteiger partial charge in [0, 0.05) is 13.0 Å². The number of aromatic nitrogens is 4. The molecular formula is C30H32N4O6. The van der Waals surface area contributed by atoms with Crippen molar-refractivity contribution in [2.45, 2.75) is 47.6 Å². The summed E-state index contributed by atoms with van der Waals surface area (Å²) in [4.78, 5) is 39.8. The van der Waals surface area contributed by atoms with E-state index in [1.54, 1.807) is 18.2 Å². The van der Waals surface area contributed by atoms with Gasteiger partial charge in [0.15, 0.2) is 17.1 Å². The molecular weight excluding hydrogens is 512 g/mol. The number of carbonyl (C=O) groups is 3. The van der Waals surface area contributed by atoms with Gasteiger partial charge in [-0.15, -0.1) is 10.2 Å². The van der Waals surface area contributed by atoms with Crippen molar-refractivity contribution in [2.24, 2.45) is 5.41 Å². The number of rotatable bonds is 11. The molecule has 40 heavy (non-hydrogen) atoms. The van der Waals surface area contributed by atoms with E-state index >= 15 is 0 Å². The van der Waals surface area contributed by atoms with Crippen molar-refractivity contribution < 1.29 is 29.0 Å². The maximum Gasteiger partial charge on any atom is 0.336 e. The van der Waals surface area contributed by atoms with Crippen LogP contribution in [0.15, 0.2) is 48.5 Å². The zero-order valence-electron chi connectivity index (χ0n) is 23.2. The molecule has 2 heterocycles. The van der Waals surface area contributed by atoms with Crippen LogP contribution < -0.4 is 9.47 Å². The number of benzene rings is 2. The van der Waals surface area contributed by atoms with Crippen LogP contribution in [0.25, 0.3) is 22.2 Å². The van der Waals surface area contributed by atoms with Crippen LogP contribution in [-0.2, 0) is 22.6 Å². The minimum Gasteiger partial charge on any atom is -0.478 e. The van der Waals surface area contributed by atoms with Crippen LogP contribution in [0.4, 0.5) is 0 Å². The van der Waals surface area contributed by atoms with Gasteiger partial charge in [-0.3, -0.25) is 9.59 Å². The van der Waals surface area contributed by atoms with Gasteiger partial charge in [0.05, 0.1) is 5.56 Å². The summed E-state index contributed by atoms with van der Waals surface area (Å²) < 4.78 is 13.3. The molecule has 0 aliphatic carbocycles. The summed E-state index contributed by atoms with van der Waals surface area (Å²) in [6.45, 7) is 9.15. The van der Waals surface area contributed by atoms with E-state index in [9.17, 15) is 19.5 Å². The van der Waals surface area contributed by atoms with Crippen LogP contribution in [0, 0.1) is 5.41 Å². The summed E-state index contributed by atoms with van der Waals surface area (Å²) in [5.74, 6) is -0.359. The van der Waals surface area contributed by atoms with Crippen molar-refractivity contribution in [3.63, 3.8) is 0 Å². The van der Waals surface area contributed by atoms with E-state index < -0.39 is 5.97 Å². The van der Waals surface area contributed by atoms with Crippen molar-refractivity contribution in [1.29, 1.82) is 0 Å². The van der Waals surface area contributed by atoms with Crippen molar-refractivity contribution in [2.75, 3.05) is 13.2 Å². The van der Waals surface area contributed by atoms with Crippen molar-refractivity contribution in [3.8, 4) is 22.9 Å². The van der Waals surface area contributed by atoms with Gasteiger partial charge in [-0.25, -0.2) is 9.78 Å². The predicted octanol–water partition coefficient (Wildman–Crippen LogP) is 4.76. The van der Waals surface area contributed by atoms with Crippen LogP contribution in [0.1, 0.15) is 56.4 Å². The lowest BCUT2D eigenvalue weighted by Crippen LogP contribution is -2.16. The fourth-order valence-corrected chi connectivity index (χ4v) is 4.26. The monoisotopic (exact) mass is 544 g/mol. The zero-order chi connectivity index (χ0) is 29.0. The Morgan fingerprint density at radius 2 is 1.48 bits per heavy atom. The average Bonchev–Trinajstić information content (AvgIpc) is 3.23. The number of Topliss-reactive ketones (excluding diaryl/α,β-unsaturated/α-hetero) is 2. The van der Waals surface area contributed by atoms with Gasteiger partial charge in [-0.2, -0.15) is 0 Å². The number of nitrogens with zero attached hydrogens (tertiary/aromatic N) is 4. The number of hydrogen-bond acceptors (Lipinski definition) is 8. The Balaban J connectivity index is 1.81. The SMILES string of the molecule is CC(=O)COc1nnc(OCC(C)=O)c2c1nc(CC(C)(C)C)n2Cc1ccc(-c2ccccc2C(=O)O)cc1. The number of carbonyl (C=O) groups excluding carboxylic acids is 2. The highest BCUT2D eigenvalue weighted by molar-refractivity contribution is 5.96. The van der Waals surface area contributed by atoms with Crippen LogP contribution in [0.5, 0.6) is 11.8 Å². The highest BCUT2D eigenvalue weighted by atomic mass is 16.5. The summed E-state index contributed by atoms with van der Waals surface area (Å²) in [5, 5.41) is 17.9. The second-order valence-corrected chi connectivity index (χ2v) is 10.9. The summed E-state index contributed by atoms with van der Waals surface area (Å²) in [5.41, 5.74) is 3.34. The number of ether oxygens (including phenoxy) is 2. The van der Waals surface area contributed by atoms with Crippen molar-refractivity contribution in [3.05, 3.63) is 65.5 Å². The molecule has 4 rings (SSSR count). The number of fused-ring (bicyclic) bond motifs is 1. The molecule has 0 unspecified atom stereocenters. The van der Waals surface area contributed by atoms with Crippen LogP contribution in [0.3, 0.4) is 0 Å². The van der Waals surface area contributed by atoms with E-state index in [0.29, 0.717) is 29.6 Å². The maximum atomic E-state index is 11.7. The first-order chi connectivity index (χ1) is 18.9. The molecule has 0 spiro atoms. The smallest absolute Gasteiger partial charge is 0.336 e. The standard InChI is InChI=1S/C30H32N4O6/c1-18(35)16-39-27-25-26(28(33-32-27)40-17-19(2)36)34(24(31-25)14-30(3,4)5)15-20-10-12-21(13-11-20)22-8-6-7-9-23(22)29(37)38/h6-13H,14-17H2,1-5H3,(H,37,38). The molecule has 0 aliphatic heterocycles. The Morgan fingerprint density at radius 3 is 2.08 bits per heavy atom. The molecule has 4 aromatic rings. The first-order valence-electron chi connectivity index (χ1n) is 12.8. The van der Waals surface area contributed by atoms with Gasteiger partial charge in [0.1, 0.15) is 24.6 Å². The predicted molar refractivity (Wildman–Crippen MR) is 149 cm³/mol. The number of ketones is 2. The minimum atomic E-state index is -0.988. The molecule has 0 bridgehead atoms.